The monoisotopic (exact) mass is 273 g/mol. The summed E-state index contributed by atoms with van der Waals surface area (Å²) in [6.07, 6.45) is 5.79. The first-order chi connectivity index (χ1) is 8.19. The molecule has 96 valence electrons. The van der Waals surface area contributed by atoms with Crippen molar-refractivity contribution in [3.05, 3.63) is 33.8 Å². The van der Waals surface area contributed by atoms with Crippen molar-refractivity contribution in [2.24, 2.45) is 0 Å². The summed E-state index contributed by atoms with van der Waals surface area (Å²) in [6, 6.07) is 6.48. The molecule has 0 aliphatic carbocycles. The molecule has 0 aromatic heterocycles. The van der Waals surface area contributed by atoms with E-state index in [-0.39, 0.29) is 0 Å². The average molecular weight is 274 g/mol. The fraction of sp³-hybridized carbons (Fsp3) is 0.571. The van der Waals surface area contributed by atoms with Crippen LogP contribution in [0.4, 0.5) is 0 Å². The molecule has 1 aromatic carbocycles. The Balaban J connectivity index is 2.42. The first-order valence-electron chi connectivity index (χ1n) is 6.29. The molecule has 0 heterocycles. The molecule has 0 aliphatic rings. The Morgan fingerprint density at radius 3 is 2.65 bits per heavy atom. The molecule has 0 saturated heterocycles. The third kappa shape index (κ3) is 4.87. The normalized spacial score (nSPS) is 12.7. The molecule has 1 rings (SSSR count). The minimum Gasteiger partial charge on any atom is -0.317 e. The van der Waals surface area contributed by atoms with Gasteiger partial charge >= 0.3 is 0 Å². The third-order valence-electron chi connectivity index (χ3n) is 3.08. The van der Waals surface area contributed by atoms with Gasteiger partial charge in [0.2, 0.25) is 0 Å². The number of aryl methyl sites for hydroxylation is 1. The third-order valence-corrected chi connectivity index (χ3v) is 3.93. The molecule has 17 heavy (non-hydrogen) atoms. The summed E-state index contributed by atoms with van der Waals surface area (Å²) in [5.41, 5.74) is 1.16. The summed E-state index contributed by atoms with van der Waals surface area (Å²) in [6.45, 7) is 2.22. The number of hydrogen-bond acceptors (Lipinski definition) is 1. The molecule has 1 aromatic rings. The fourth-order valence-corrected chi connectivity index (χ4v) is 2.48. The van der Waals surface area contributed by atoms with Gasteiger partial charge in [0.15, 0.2) is 0 Å². The predicted octanol–water partition coefficient (Wildman–Crippen LogP) is 4.70. The van der Waals surface area contributed by atoms with E-state index in [4.69, 9.17) is 23.2 Å². The average Bonchev–Trinajstić information content (AvgIpc) is 2.33. The summed E-state index contributed by atoms with van der Waals surface area (Å²) in [7, 11) is 2.03. The minimum atomic E-state index is 0.623. The highest BCUT2D eigenvalue weighted by Crippen LogP contribution is 2.26. The molecule has 0 aliphatic heterocycles. The van der Waals surface area contributed by atoms with Gasteiger partial charge in [-0.3, -0.25) is 0 Å². The van der Waals surface area contributed by atoms with Crippen LogP contribution in [0.1, 0.15) is 38.2 Å². The van der Waals surface area contributed by atoms with Crippen LogP contribution in [0.2, 0.25) is 10.0 Å². The first kappa shape index (κ1) is 14.8. The van der Waals surface area contributed by atoms with E-state index in [1.165, 1.54) is 19.3 Å². The smallest absolute Gasteiger partial charge is 0.0624 e. The van der Waals surface area contributed by atoms with Crippen molar-refractivity contribution in [1.82, 2.24) is 5.32 Å². The molecule has 0 amide bonds. The molecule has 0 bridgehead atoms. The minimum absolute atomic E-state index is 0.623. The van der Waals surface area contributed by atoms with Crippen molar-refractivity contribution < 1.29 is 0 Å². The molecule has 1 unspecified atom stereocenters. The zero-order valence-corrected chi connectivity index (χ0v) is 12.1. The zero-order chi connectivity index (χ0) is 12.7. The van der Waals surface area contributed by atoms with Gasteiger partial charge in [-0.25, -0.2) is 0 Å². The molecule has 0 spiro atoms. The zero-order valence-electron chi connectivity index (χ0n) is 10.6. The van der Waals surface area contributed by atoms with Crippen molar-refractivity contribution in [2.45, 2.75) is 45.1 Å². The Bertz CT molecular complexity index is 339. The van der Waals surface area contributed by atoms with E-state index in [1.54, 1.807) is 0 Å². The van der Waals surface area contributed by atoms with Gasteiger partial charge in [-0.15, -0.1) is 0 Å². The predicted molar refractivity (Wildman–Crippen MR) is 77.2 cm³/mol. The van der Waals surface area contributed by atoms with E-state index >= 15 is 0 Å². The summed E-state index contributed by atoms with van der Waals surface area (Å²) in [5.74, 6) is 0. The quantitative estimate of drug-likeness (QED) is 0.759. The van der Waals surface area contributed by atoms with Crippen molar-refractivity contribution in [3.63, 3.8) is 0 Å². The van der Waals surface area contributed by atoms with Crippen LogP contribution in [0.3, 0.4) is 0 Å². The van der Waals surface area contributed by atoms with Crippen LogP contribution in [-0.2, 0) is 6.42 Å². The largest absolute Gasteiger partial charge is 0.317 e. The van der Waals surface area contributed by atoms with Crippen molar-refractivity contribution in [1.29, 1.82) is 0 Å². The number of benzene rings is 1. The van der Waals surface area contributed by atoms with E-state index < -0.39 is 0 Å². The SMILES string of the molecule is CCCC(CCCc1cccc(Cl)c1Cl)NC. The Morgan fingerprint density at radius 2 is 2.00 bits per heavy atom. The molecule has 0 saturated carbocycles. The number of rotatable bonds is 7. The van der Waals surface area contributed by atoms with Gasteiger partial charge in [-0.05, 0) is 44.4 Å². The maximum Gasteiger partial charge on any atom is 0.0624 e. The first-order valence-corrected chi connectivity index (χ1v) is 7.04. The highest BCUT2D eigenvalue weighted by molar-refractivity contribution is 6.42. The van der Waals surface area contributed by atoms with Crippen molar-refractivity contribution in [3.8, 4) is 0 Å². The standard InChI is InChI=1S/C14H21Cl2N/c1-3-6-12(17-2)9-4-7-11-8-5-10-13(15)14(11)16/h5,8,10,12,17H,3-4,6-7,9H2,1-2H3. The fourth-order valence-electron chi connectivity index (χ4n) is 2.06. The second kappa shape index (κ2) is 7.97. The molecular formula is C14H21Cl2N. The lowest BCUT2D eigenvalue weighted by Crippen LogP contribution is -2.24. The van der Waals surface area contributed by atoms with Crippen LogP contribution in [-0.4, -0.2) is 13.1 Å². The molecule has 0 radical (unpaired) electrons. The van der Waals surface area contributed by atoms with E-state index in [2.05, 4.69) is 18.3 Å². The maximum atomic E-state index is 6.16. The van der Waals surface area contributed by atoms with Gasteiger partial charge in [-0.1, -0.05) is 48.7 Å². The summed E-state index contributed by atoms with van der Waals surface area (Å²) >= 11 is 12.1. The molecule has 3 heteroatoms. The highest BCUT2D eigenvalue weighted by Gasteiger charge is 2.07. The Labute approximate surface area is 115 Å². The van der Waals surface area contributed by atoms with Crippen LogP contribution in [0, 0.1) is 0 Å². The maximum absolute atomic E-state index is 6.16. The second-order valence-electron chi connectivity index (χ2n) is 4.38. The Hall–Kier alpha value is -0.240. The van der Waals surface area contributed by atoms with Gasteiger partial charge < -0.3 is 5.32 Å². The topological polar surface area (TPSA) is 12.0 Å². The lowest BCUT2D eigenvalue weighted by atomic mass is 10.0. The molecule has 1 atom stereocenters. The van der Waals surface area contributed by atoms with Crippen LogP contribution in [0.15, 0.2) is 18.2 Å². The number of hydrogen-bond donors (Lipinski definition) is 1. The van der Waals surface area contributed by atoms with E-state index in [1.807, 2.05) is 19.2 Å². The lowest BCUT2D eigenvalue weighted by Gasteiger charge is -2.15. The van der Waals surface area contributed by atoms with Crippen molar-refractivity contribution in [2.75, 3.05) is 7.05 Å². The van der Waals surface area contributed by atoms with E-state index in [0.717, 1.165) is 18.4 Å². The summed E-state index contributed by atoms with van der Waals surface area (Å²) < 4.78 is 0. The molecule has 1 N–H and O–H groups in total. The lowest BCUT2D eigenvalue weighted by molar-refractivity contribution is 0.470. The molecular weight excluding hydrogens is 253 g/mol. The van der Waals surface area contributed by atoms with Gasteiger partial charge in [0.05, 0.1) is 10.0 Å². The Morgan fingerprint density at radius 1 is 1.24 bits per heavy atom. The van der Waals surface area contributed by atoms with Gasteiger partial charge in [0, 0.05) is 6.04 Å². The number of halogens is 2. The summed E-state index contributed by atoms with van der Waals surface area (Å²) in [5, 5.41) is 4.73. The molecule has 0 fully saturated rings. The van der Waals surface area contributed by atoms with Gasteiger partial charge in [-0.2, -0.15) is 0 Å². The summed E-state index contributed by atoms with van der Waals surface area (Å²) in [4.78, 5) is 0. The second-order valence-corrected chi connectivity index (χ2v) is 5.16. The number of nitrogens with one attached hydrogen (secondary N) is 1. The molecule has 1 nitrogen and oxygen atoms in total. The van der Waals surface area contributed by atoms with E-state index in [0.29, 0.717) is 16.1 Å². The van der Waals surface area contributed by atoms with Crippen LogP contribution in [0.25, 0.3) is 0 Å². The van der Waals surface area contributed by atoms with Gasteiger partial charge in [0.25, 0.3) is 0 Å². The van der Waals surface area contributed by atoms with Crippen molar-refractivity contribution >= 4 is 23.2 Å². The Kier molecular flexibility index (Phi) is 6.94. The van der Waals surface area contributed by atoms with Crippen LogP contribution >= 0.6 is 23.2 Å². The van der Waals surface area contributed by atoms with E-state index in [9.17, 15) is 0 Å². The highest BCUT2D eigenvalue weighted by atomic mass is 35.5. The van der Waals surface area contributed by atoms with Crippen LogP contribution in [0.5, 0.6) is 0 Å². The van der Waals surface area contributed by atoms with Crippen LogP contribution < -0.4 is 5.32 Å². The van der Waals surface area contributed by atoms with Gasteiger partial charge in [0.1, 0.15) is 0 Å².